The first-order chi connectivity index (χ1) is 61.5. The molecule has 734 valence electrons. The normalized spacial score (nSPS) is 15.6. The standard InChI is InChI=1S/C83H134N20O24S4/c1-17-41(12)65(81(124)94-52(26-27-62(108)109)74(117)97-56(34-128)70(113)86-31-60(106)90-48(19-3)72(115)100-64(40(10)11)80(123)103-66(42(13)18-2)82(125)98-58(36-130)77(120)87-43(14)68(111)99-59(37-131)83(126)127)102-73(116)50(21-5)93-75(118)53(28-38(6)7)95-71(114)49(20-4)92-67(110)44(15)88-79(122)63(39(8)9)101-76(119)54(29-46-30-84-51-25-23-22-24-47(46)51)91-61(107)32-85-69(112)55(33-104)96-78(121)57(35-129)89-45(16)105/h22-25,30,38-44,48-50,52-59,63-66,84,104,128-131H,17-21,26-29,31-37H2,1-16H3,(H,85,112)(H,86,113)(H,87,120)(H,88,122)(H,89,105)(H,90,106)(H,91,107)(H,92,110)(H,93,118)(H,94,124)(H,95,114)(H,96,121)(H,97,117)(H,98,125)(H,99,111)(H,100,115)(H,101,119)(H,102,116)(H,103,123)(H,108,109)(H,126,127)/t41-,42-,43-,44-,48-,49-,50-,52-,53-,54-,55-,56-,57-,58-,59-,63-,64-,65-,66-/m0/s1. The summed E-state index contributed by atoms with van der Waals surface area (Å²) in [5, 5.41) is 76.9. The highest BCUT2D eigenvalue weighted by atomic mass is 32.1. The number of nitrogens with one attached hydrogen (secondary N) is 20. The molecule has 0 saturated heterocycles. The summed E-state index contributed by atoms with van der Waals surface area (Å²) in [5.74, 6) is -23.4. The maximum Gasteiger partial charge on any atom is 0.327 e. The Morgan fingerprint density at radius 1 is 0.351 bits per heavy atom. The number of thiol groups is 4. The van der Waals surface area contributed by atoms with E-state index in [0.29, 0.717) is 22.9 Å². The first-order valence-electron chi connectivity index (χ1n) is 43.3. The number of hydrogen-bond donors (Lipinski definition) is 27. The third-order valence-electron chi connectivity index (χ3n) is 21.1. The van der Waals surface area contributed by atoms with E-state index in [0.717, 1.165) is 6.92 Å². The number of fused-ring (bicyclic) bond motifs is 1. The van der Waals surface area contributed by atoms with Crippen LogP contribution in [0, 0.1) is 29.6 Å². The summed E-state index contributed by atoms with van der Waals surface area (Å²) in [5.41, 5.74) is 1.26. The van der Waals surface area contributed by atoms with Crippen molar-refractivity contribution in [2.75, 3.05) is 42.7 Å². The van der Waals surface area contributed by atoms with Gasteiger partial charge in [-0.05, 0) is 87.2 Å². The van der Waals surface area contributed by atoms with Crippen molar-refractivity contribution in [1.82, 2.24) is 106 Å². The van der Waals surface area contributed by atoms with Crippen LogP contribution >= 0.6 is 50.5 Å². The number of aromatic amines is 1. The van der Waals surface area contributed by atoms with Gasteiger partial charge in [0.2, 0.25) is 112 Å². The fourth-order valence-electron chi connectivity index (χ4n) is 12.7. The van der Waals surface area contributed by atoms with Crippen LogP contribution in [0.5, 0.6) is 0 Å². The van der Waals surface area contributed by atoms with E-state index in [-0.39, 0.29) is 61.7 Å². The molecule has 19 amide bonds. The lowest BCUT2D eigenvalue weighted by Gasteiger charge is -2.30. The number of amides is 19. The Bertz CT molecular complexity index is 4300. The second-order valence-corrected chi connectivity index (χ2v) is 34.1. The van der Waals surface area contributed by atoms with Gasteiger partial charge in [0.05, 0.1) is 19.7 Å². The molecule has 0 bridgehead atoms. The molecule has 0 aliphatic carbocycles. The van der Waals surface area contributed by atoms with E-state index >= 15 is 0 Å². The van der Waals surface area contributed by atoms with E-state index in [4.69, 9.17) is 0 Å². The molecule has 1 aromatic heterocycles. The molecular weight excluding hydrogens is 1790 g/mol. The van der Waals surface area contributed by atoms with Gasteiger partial charge in [-0.25, -0.2) is 4.79 Å². The van der Waals surface area contributed by atoms with Crippen molar-refractivity contribution in [2.24, 2.45) is 29.6 Å². The molecule has 0 spiro atoms. The molecule has 2 rings (SSSR count). The predicted molar refractivity (Wildman–Crippen MR) is 494 cm³/mol. The van der Waals surface area contributed by atoms with E-state index < -0.39 is 289 Å². The third kappa shape index (κ3) is 39.1. The molecular formula is C83H134N20O24S4. The Morgan fingerprint density at radius 2 is 0.687 bits per heavy atom. The van der Waals surface area contributed by atoms with Gasteiger partial charge >= 0.3 is 11.9 Å². The Balaban J connectivity index is 2.24. The topological polar surface area (TPSA) is 664 Å². The van der Waals surface area contributed by atoms with Crippen LogP contribution in [0.2, 0.25) is 0 Å². The van der Waals surface area contributed by atoms with E-state index in [1.54, 1.807) is 107 Å². The SMILES string of the molecule is CC[C@H](NC(=O)CNC(=O)[C@H](CS)NC(=O)[C@H](CCC(=O)O)NC(=O)[C@@H](NC(=O)[C@H](CC)NC(=O)[C@H](CC(C)C)NC(=O)[C@H](CC)NC(=O)[C@H](C)NC(=O)[C@@H](NC(=O)[C@H](Cc1c[nH]c2ccccc12)NC(=O)CNC(=O)[C@H](CO)NC(=O)[C@H](CS)NC(C)=O)C(C)C)[C@@H](C)CC)C(=O)N[C@H](C(=O)N[C@H](C(=O)N[C@@H](CS)C(=O)N[C@@H](C)C(=O)N[C@@H](CS)C(=O)O)[C@@H](C)CC)C(C)C. The van der Waals surface area contributed by atoms with Crippen molar-refractivity contribution in [3.8, 4) is 0 Å². The average Bonchev–Trinajstić information content (AvgIpc) is 1.76. The van der Waals surface area contributed by atoms with Crippen molar-refractivity contribution in [1.29, 1.82) is 0 Å². The maximum atomic E-state index is 14.4. The Morgan fingerprint density at radius 3 is 1.14 bits per heavy atom. The number of benzene rings is 1. The summed E-state index contributed by atoms with van der Waals surface area (Å²) in [7, 11) is 0. The van der Waals surface area contributed by atoms with E-state index in [1.807, 2.05) is 0 Å². The summed E-state index contributed by atoms with van der Waals surface area (Å²) in [6.45, 7) is 22.4. The minimum atomic E-state index is -1.69. The van der Waals surface area contributed by atoms with Crippen molar-refractivity contribution >= 4 is 186 Å². The van der Waals surface area contributed by atoms with Crippen molar-refractivity contribution < 1.29 is 116 Å². The van der Waals surface area contributed by atoms with Gasteiger partial charge in [-0.1, -0.05) is 121 Å². The molecule has 1 aromatic carbocycles. The Kier molecular flexibility index (Phi) is 52.0. The minimum absolute atomic E-state index is 0.0100. The third-order valence-corrected chi connectivity index (χ3v) is 22.5. The number of aliphatic hydroxyl groups excluding tert-OH is 1. The smallest absolute Gasteiger partial charge is 0.327 e. The molecule has 0 fully saturated rings. The summed E-state index contributed by atoms with van der Waals surface area (Å²) in [6.07, 6.45) is 0.548. The highest BCUT2D eigenvalue weighted by Crippen LogP contribution is 2.21. The number of carboxylic acid groups (broad SMARTS) is 2. The van der Waals surface area contributed by atoms with Crippen LogP contribution in [0.15, 0.2) is 30.5 Å². The monoisotopic (exact) mass is 1920 g/mol. The van der Waals surface area contributed by atoms with Crippen LogP contribution in [0.4, 0.5) is 0 Å². The summed E-state index contributed by atoms with van der Waals surface area (Å²) in [4.78, 5) is 286. The number of H-pyrrole nitrogens is 1. The summed E-state index contributed by atoms with van der Waals surface area (Å²) in [6, 6.07) is -16.5. The first kappa shape index (κ1) is 116. The van der Waals surface area contributed by atoms with Gasteiger partial charge in [0.25, 0.3) is 0 Å². The minimum Gasteiger partial charge on any atom is -0.481 e. The quantitative estimate of drug-likeness (QED) is 0.0278. The van der Waals surface area contributed by atoms with E-state index in [2.05, 4.69) is 157 Å². The molecule has 48 heteroatoms. The molecule has 2 aromatic rings. The zero-order chi connectivity index (χ0) is 99.5. The van der Waals surface area contributed by atoms with Gasteiger partial charge < -0.3 is 121 Å². The molecule has 0 unspecified atom stereocenters. The predicted octanol–water partition coefficient (Wildman–Crippen LogP) is -4.41. The molecule has 0 saturated carbocycles. The molecule has 0 aliphatic heterocycles. The zero-order valence-corrected chi connectivity index (χ0v) is 80.2. The molecule has 19 atom stereocenters. The van der Waals surface area contributed by atoms with Gasteiger partial charge in [-0.3, -0.25) is 95.9 Å². The number of aliphatic hydroxyl groups is 1. The molecule has 44 nitrogen and oxygen atoms in total. The molecule has 0 radical (unpaired) electrons. The fourth-order valence-corrected chi connectivity index (χ4v) is 13.8. The molecule has 1 heterocycles. The van der Waals surface area contributed by atoms with E-state index in [1.165, 1.54) is 27.7 Å². The number of aromatic nitrogens is 1. The number of aliphatic carboxylic acids is 2. The average molecular weight is 1920 g/mol. The second-order valence-electron chi connectivity index (χ2n) is 32.7. The lowest BCUT2D eigenvalue weighted by Crippen LogP contribution is -2.61. The number of carbonyl (C=O) groups is 21. The van der Waals surface area contributed by atoms with Crippen LogP contribution in [-0.2, 0) is 107 Å². The number of para-hydroxylation sites is 1. The lowest BCUT2D eigenvalue weighted by atomic mass is 9.96. The van der Waals surface area contributed by atoms with Crippen molar-refractivity contribution in [2.45, 2.75) is 271 Å². The van der Waals surface area contributed by atoms with Crippen LogP contribution in [0.3, 0.4) is 0 Å². The summed E-state index contributed by atoms with van der Waals surface area (Å²) < 4.78 is 0. The molecule has 23 N–H and O–H groups in total. The molecule has 0 aliphatic rings. The molecule has 131 heavy (non-hydrogen) atoms. The van der Waals surface area contributed by atoms with Gasteiger partial charge in [0, 0.05) is 59.9 Å². The van der Waals surface area contributed by atoms with Gasteiger partial charge in [-0.15, -0.1) is 0 Å². The number of carbonyl (C=O) groups excluding carboxylic acids is 19. The Hall–Kier alpha value is -11.0. The van der Waals surface area contributed by atoms with Gasteiger partial charge in [0.15, 0.2) is 0 Å². The van der Waals surface area contributed by atoms with Crippen LogP contribution < -0.4 is 101 Å². The van der Waals surface area contributed by atoms with Crippen molar-refractivity contribution in [3.05, 3.63) is 36.0 Å². The number of hydrogen-bond acceptors (Lipinski definition) is 26. The Labute approximate surface area is 783 Å². The van der Waals surface area contributed by atoms with E-state index in [9.17, 15) is 116 Å². The lowest BCUT2D eigenvalue weighted by molar-refractivity contribution is -0.141. The van der Waals surface area contributed by atoms with Crippen LogP contribution in [-0.4, -0.2) is 290 Å². The van der Waals surface area contributed by atoms with Crippen LogP contribution in [0.1, 0.15) is 168 Å². The number of carboxylic acids is 2. The van der Waals surface area contributed by atoms with Gasteiger partial charge in [-0.2, -0.15) is 50.5 Å². The zero-order valence-electron chi connectivity index (χ0n) is 76.6. The first-order valence-corrected chi connectivity index (χ1v) is 45.8. The highest BCUT2D eigenvalue weighted by molar-refractivity contribution is 7.80. The second kappa shape index (κ2) is 58.7. The highest BCUT2D eigenvalue weighted by Gasteiger charge is 2.40. The van der Waals surface area contributed by atoms with Crippen molar-refractivity contribution in [3.63, 3.8) is 0 Å². The fraction of sp³-hybridized carbons (Fsp3) is 0.651. The maximum absolute atomic E-state index is 14.4. The largest absolute Gasteiger partial charge is 0.481 e. The number of rotatable bonds is 59. The van der Waals surface area contributed by atoms with Crippen LogP contribution in [0.25, 0.3) is 10.9 Å². The van der Waals surface area contributed by atoms with Gasteiger partial charge in [0.1, 0.15) is 103 Å². The summed E-state index contributed by atoms with van der Waals surface area (Å²) >= 11 is 16.3.